The number of aromatic nitrogens is 1. The zero-order valence-corrected chi connectivity index (χ0v) is 20.0. The van der Waals surface area contributed by atoms with E-state index in [0.717, 1.165) is 33.2 Å². The Kier molecular flexibility index (Phi) is 7.33. The van der Waals surface area contributed by atoms with Crippen LogP contribution in [0.4, 0.5) is 19.0 Å². The summed E-state index contributed by atoms with van der Waals surface area (Å²) in [6.07, 6.45) is -2.34. The molecule has 3 aromatic rings. The van der Waals surface area contributed by atoms with Crippen LogP contribution in [0.25, 0.3) is 10.9 Å². The van der Waals surface area contributed by atoms with Gasteiger partial charge in [0, 0.05) is 62.0 Å². The molecule has 0 aliphatic carbocycles. The second kappa shape index (κ2) is 10.2. The van der Waals surface area contributed by atoms with Gasteiger partial charge in [-0.3, -0.25) is 4.79 Å². The normalized spacial score (nSPS) is 14.6. The summed E-state index contributed by atoms with van der Waals surface area (Å²) in [7, 11) is 0. The van der Waals surface area contributed by atoms with Crippen molar-refractivity contribution >= 4 is 34.4 Å². The lowest BCUT2D eigenvalue weighted by Gasteiger charge is -2.36. The van der Waals surface area contributed by atoms with Crippen molar-refractivity contribution in [2.24, 2.45) is 0 Å². The van der Waals surface area contributed by atoms with Crippen LogP contribution in [0.1, 0.15) is 23.6 Å². The van der Waals surface area contributed by atoms with E-state index < -0.39 is 11.7 Å². The van der Waals surface area contributed by atoms with Gasteiger partial charge in [0.1, 0.15) is 5.82 Å². The van der Waals surface area contributed by atoms with Crippen LogP contribution in [0, 0.1) is 0 Å². The van der Waals surface area contributed by atoms with Crippen LogP contribution in [0.2, 0.25) is 0 Å². The van der Waals surface area contributed by atoms with Gasteiger partial charge in [-0.05, 0) is 36.1 Å². The Morgan fingerprint density at radius 1 is 1.06 bits per heavy atom. The van der Waals surface area contributed by atoms with E-state index in [4.69, 9.17) is 4.98 Å². The molecule has 4 rings (SSSR count). The third kappa shape index (κ3) is 5.64. The van der Waals surface area contributed by atoms with Gasteiger partial charge in [0.2, 0.25) is 5.91 Å². The molecule has 1 amide bonds. The lowest BCUT2D eigenvalue weighted by atomic mass is 10.1. The van der Waals surface area contributed by atoms with Gasteiger partial charge in [0.25, 0.3) is 0 Å². The number of halogens is 3. The fourth-order valence-electron chi connectivity index (χ4n) is 4.14. The molecule has 2 aromatic carbocycles. The lowest BCUT2D eigenvalue weighted by molar-refractivity contribution is -0.137. The number of anilines is 1. The zero-order chi connectivity index (χ0) is 24.3. The summed E-state index contributed by atoms with van der Waals surface area (Å²) in [5.41, 5.74) is 1.81. The van der Waals surface area contributed by atoms with Crippen molar-refractivity contribution in [2.45, 2.75) is 31.1 Å². The highest BCUT2D eigenvalue weighted by atomic mass is 32.2. The molecule has 1 aliphatic heterocycles. The van der Waals surface area contributed by atoms with Gasteiger partial charge < -0.3 is 15.1 Å². The Bertz CT molecular complexity index is 1180. The average Bonchev–Trinajstić information content (AvgIpc) is 2.83. The number of pyridine rings is 1. The molecular formula is C25H27F3N4OS. The van der Waals surface area contributed by atoms with Gasteiger partial charge in [-0.25, -0.2) is 4.98 Å². The van der Waals surface area contributed by atoms with Crippen LogP contribution in [-0.4, -0.2) is 48.2 Å². The first-order valence-electron chi connectivity index (χ1n) is 11.1. The number of amides is 1. The van der Waals surface area contributed by atoms with E-state index in [2.05, 4.69) is 28.4 Å². The van der Waals surface area contributed by atoms with Gasteiger partial charge in [0.05, 0.1) is 11.1 Å². The van der Waals surface area contributed by atoms with E-state index in [0.29, 0.717) is 44.8 Å². The Morgan fingerprint density at radius 3 is 2.50 bits per heavy atom. The topological polar surface area (TPSA) is 48.5 Å². The number of rotatable bonds is 6. The molecule has 1 saturated heterocycles. The number of hydrogen-bond acceptors (Lipinski definition) is 5. The summed E-state index contributed by atoms with van der Waals surface area (Å²) in [6, 6.07) is 13.6. The molecule has 180 valence electrons. The standard InChI is InChI=1S/C25H27F3N4OS/c1-17(33)31-8-10-32(11-9-31)24-20(13-19-6-7-22(34-2)14-23(19)30-24)16-29-15-18-4-3-5-21(12-18)25(26,27)28/h3-7,12-14,29H,8-11,15-16H2,1-2H3. The molecule has 1 N–H and O–H groups in total. The number of carbonyl (C=O) groups is 1. The van der Waals surface area contributed by atoms with Crippen molar-refractivity contribution in [3.63, 3.8) is 0 Å². The van der Waals surface area contributed by atoms with E-state index in [1.54, 1.807) is 24.8 Å². The highest BCUT2D eigenvalue weighted by molar-refractivity contribution is 7.98. The Labute approximate surface area is 201 Å². The quantitative estimate of drug-likeness (QED) is 0.499. The van der Waals surface area contributed by atoms with E-state index in [1.165, 1.54) is 12.1 Å². The first-order chi connectivity index (χ1) is 16.2. The third-order valence-corrected chi connectivity index (χ3v) is 6.73. The van der Waals surface area contributed by atoms with Gasteiger partial charge in [0.15, 0.2) is 0 Å². The molecule has 5 nitrogen and oxygen atoms in total. The minimum absolute atomic E-state index is 0.0683. The summed E-state index contributed by atoms with van der Waals surface area (Å²) in [6.45, 7) is 4.99. The molecular weight excluding hydrogens is 461 g/mol. The van der Waals surface area contributed by atoms with Crippen LogP contribution in [0.15, 0.2) is 53.4 Å². The highest BCUT2D eigenvalue weighted by Gasteiger charge is 2.30. The number of alkyl halides is 3. The van der Waals surface area contributed by atoms with Crippen LogP contribution >= 0.6 is 11.8 Å². The first kappa shape index (κ1) is 24.3. The van der Waals surface area contributed by atoms with Crippen molar-refractivity contribution in [1.29, 1.82) is 0 Å². The number of piperazine rings is 1. The predicted molar refractivity (Wildman–Crippen MR) is 130 cm³/mol. The van der Waals surface area contributed by atoms with Crippen LogP contribution in [0.3, 0.4) is 0 Å². The number of benzene rings is 2. The molecule has 0 unspecified atom stereocenters. The number of nitrogens with one attached hydrogen (secondary N) is 1. The zero-order valence-electron chi connectivity index (χ0n) is 19.2. The van der Waals surface area contributed by atoms with Crippen LogP contribution in [-0.2, 0) is 24.1 Å². The molecule has 0 bridgehead atoms. The highest BCUT2D eigenvalue weighted by Crippen LogP contribution is 2.30. The largest absolute Gasteiger partial charge is 0.416 e. The number of carbonyl (C=O) groups excluding carboxylic acids is 1. The fraction of sp³-hybridized carbons (Fsp3) is 0.360. The second-order valence-corrected chi connectivity index (χ2v) is 9.20. The molecule has 9 heteroatoms. The maximum atomic E-state index is 13.0. The summed E-state index contributed by atoms with van der Waals surface area (Å²) >= 11 is 1.66. The monoisotopic (exact) mass is 488 g/mol. The molecule has 0 radical (unpaired) electrons. The molecule has 1 fully saturated rings. The van der Waals surface area contributed by atoms with E-state index >= 15 is 0 Å². The van der Waals surface area contributed by atoms with Crippen molar-refractivity contribution in [3.05, 3.63) is 65.2 Å². The predicted octanol–water partition coefficient (Wildman–Crippen LogP) is 4.93. The number of thioether (sulfide) groups is 1. The Hall–Kier alpha value is -2.78. The molecule has 34 heavy (non-hydrogen) atoms. The van der Waals surface area contributed by atoms with Gasteiger partial charge in [-0.15, -0.1) is 11.8 Å². The number of fused-ring (bicyclic) bond motifs is 1. The minimum atomic E-state index is -4.36. The fourth-order valence-corrected chi connectivity index (χ4v) is 4.58. The molecule has 2 heterocycles. The van der Waals surface area contributed by atoms with E-state index in [9.17, 15) is 18.0 Å². The summed E-state index contributed by atoms with van der Waals surface area (Å²) in [5.74, 6) is 0.921. The average molecular weight is 489 g/mol. The molecule has 0 saturated carbocycles. The maximum absolute atomic E-state index is 13.0. The smallest absolute Gasteiger partial charge is 0.353 e. The van der Waals surface area contributed by atoms with Gasteiger partial charge in [-0.2, -0.15) is 13.2 Å². The molecule has 1 aromatic heterocycles. The van der Waals surface area contributed by atoms with Gasteiger partial charge in [-0.1, -0.05) is 24.3 Å². The SMILES string of the molecule is CSc1ccc2cc(CNCc3cccc(C(F)(F)F)c3)c(N3CCN(C(C)=O)CC3)nc2c1. The van der Waals surface area contributed by atoms with E-state index in [-0.39, 0.29) is 5.91 Å². The minimum Gasteiger partial charge on any atom is -0.353 e. The summed E-state index contributed by atoms with van der Waals surface area (Å²) < 4.78 is 39.1. The maximum Gasteiger partial charge on any atom is 0.416 e. The van der Waals surface area contributed by atoms with Gasteiger partial charge >= 0.3 is 6.18 Å². The number of hydrogen-bond donors (Lipinski definition) is 1. The van der Waals surface area contributed by atoms with Crippen molar-refractivity contribution in [2.75, 3.05) is 37.3 Å². The Balaban J connectivity index is 1.56. The summed E-state index contributed by atoms with van der Waals surface area (Å²) in [4.78, 5) is 21.8. The number of nitrogens with zero attached hydrogens (tertiary/aromatic N) is 3. The second-order valence-electron chi connectivity index (χ2n) is 8.32. The van der Waals surface area contributed by atoms with Crippen molar-refractivity contribution in [1.82, 2.24) is 15.2 Å². The van der Waals surface area contributed by atoms with Crippen molar-refractivity contribution < 1.29 is 18.0 Å². The van der Waals surface area contributed by atoms with Crippen LogP contribution < -0.4 is 10.2 Å². The Morgan fingerprint density at radius 2 is 1.82 bits per heavy atom. The summed E-state index contributed by atoms with van der Waals surface area (Å²) in [5, 5.41) is 4.30. The first-order valence-corrected chi connectivity index (χ1v) is 12.3. The van der Waals surface area contributed by atoms with Crippen molar-refractivity contribution in [3.8, 4) is 0 Å². The van der Waals surface area contributed by atoms with Crippen LogP contribution in [0.5, 0.6) is 0 Å². The molecule has 0 atom stereocenters. The van der Waals surface area contributed by atoms with E-state index in [1.807, 2.05) is 17.2 Å². The lowest BCUT2D eigenvalue weighted by Crippen LogP contribution is -2.48. The third-order valence-electron chi connectivity index (χ3n) is 6.00. The molecule has 0 spiro atoms. The molecule has 1 aliphatic rings.